The van der Waals surface area contributed by atoms with Crippen molar-refractivity contribution in [2.75, 3.05) is 25.4 Å². The van der Waals surface area contributed by atoms with Crippen LogP contribution >= 0.6 is 11.8 Å². The number of carbonyl (C=O) groups is 4. The van der Waals surface area contributed by atoms with Crippen LogP contribution in [0, 0.1) is 24.7 Å². The monoisotopic (exact) mass is 447 g/mol. The first-order valence-electron chi connectivity index (χ1n) is 9.46. The second-order valence-electron chi connectivity index (χ2n) is 7.84. The van der Waals surface area contributed by atoms with Gasteiger partial charge in [0.25, 0.3) is 11.8 Å². The van der Waals surface area contributed by atoms with Crippen LogP contribution in [0.2, 0.25) is 0 Å². The Bertz CT molecular complexity index is 876. The maximum atomic E-state index is 13.2. The molecule has 0 radical (unpaired) electrons. The van der Waals surface area contributed by atoms with Crippen molar-refractivity contribution in [3.63, 3.8) is 0 Å². The molecule has 0 aromatic carbocycles. The molecule has 2 aliphatic rings. The van der Waals surface area contributed by atoms with Crippen molar-refractivity contribution in [2.24, 2.45) is 0 Å². The van der Waals surface area contributed by atoms with E-state index >= 15 is 0 Å². The van der Waals surface area contributed by atoms with Crippen LogP contribution in [-0.4, -0.2) is 76.1 Å². The average Bonchev–Trinajstić information content (AvgIpc) is 2.67. The quantitative estimate of drug-likeness (QED) is 0.363. The molecule has 2 rings (SSSR count). The van der Waals surface area contributed by atoms with E-state index in [2.05, 4.69) is 17.2 Å². The molecule has 0 aromatic heterocycles. The third-order valence-electron chi connectivity index (χ3n) is 4.22. The van der Waals surface area contributed by atoms with Crippen molar-refractivity contribution in [1.29, 1.82) is 0 Å². The Hall–Kier alpha value is -3.11. The molecule has 0 unspecified atom stereocenters. The summed E-state index contributed by atoms with van der Waals surface area (Å²) >= 11 is 1.34. The summed E-state index contributed by atoms with van der Waals surface area (Å²) in [6.07, 6.45) is 9.97. The topological polar surface area (TPSA) is 105 Å². The molecule has 0 aromatic rings. The number of alkyl carbamates (subject to hydrolysis) is 1. The molecule has 0 spiro atoms. The van der Waals surface area contributed by atoms with Gasteiger partial charge in [0.05, 0.1) is 13.1 Å². The fraction of sp³-hybridized carbons (Fsp3) is 0.524. The number of fused-ring (bicyclic) bond motifs is 1. The average molecular weight is 448 g/mol. The van der Waals surface area contributed by atoms with Gasteiger partial charge in [0.15, 0.2) is 0 Å². The van der Waals surface area contributed by atoms with Crippen molar-refractivity contribution in [1.82, 2.24) is 15.1 Å². The minimum atomic E-state index is -0.855. The van der Waals surface area contributed by atoms with Crippen LogP contribution in [-0.2, 0) is 23.9 Å². The van der Waals surface area contributed by atoms with Gasteiger partial charge in [-0.3, -0.25) is 19.3 Å². The highest BCUT2D eigenvalue weighted by molar-refractivity contribution is 8.00. The fourth-order valence-corrected chi connectivity index (χ4v) is 4.31. The highest BCUT2D eigenvalue weighted by Crippen LogP contribution is 2.41. The van der Waals surface area contributed by atoms with E-state index in [9.17, 15) is 19.2 Å². The van der Waals surface area contributed by atoms with E-state index in [0.29, 0.717) is 11.3 Å². The minimum absolute atomic E-state index is 0.0488. The SMILES string of the molecule is C#CCN(CC#C)C(=O)C1=C(COC(C)=O)CS[C@@H]2[C@H](NC(=O)OC(C)(C)C)C(=O)N12. The van der Waals surface area contributed by atoms with Crippen molar-refractivity contribution < 1.29 is 28.7 Å². The highest BCUT2D eigenvalue weighted by atomic mass is 32.2. The van der Waals surface area contributed by atoms with E-state index in [1.165, 1.54) is 28.5 Å². The number of hydrogen-bond donors (Lipinski definition) is 1. The molecule has 166 valence electrons. The summed E-state index contributed by atoms with van der Waals surface area (Å²) in [6, 6.07) is -0.855. The van der Waals surface area contributed by atoms with Gasteiger partial charge in [-0.15, -0.1) is 24.6 Å². The lowest BCUT2D eigenvalue weighted by atomic mass is 10.0. The highest BCUT2D eigenvalue weighted by Gasteiger charge is 2.54. The summed E-state index contributed by atoms with van der Waals surface area (Å²) in [6.45, 7) is 6.14. The van der Waals surface area contributed by atoms with E-state index < -0.39 is 40.9 Å². The molecule has 2 atom stereocenters. The summed E-state index contributed by atoms with van der Waals surface area (Å²) in [5.74, 6) is 3.52. The summed E-state index contributed by atoms with van der Waals surface area (Å²) in [7, 11) is 0. The van der Waals surface area contributed by atoms with Crippen molar-refractivity contribution in [2.45, 2.75) is 44.7 Å². The number of nitrogens with zero attached hydrogens (tertiary/aromatic N) is 2. The van der Waals surface area contributed by atoms with Gasteiger partial charge >= 0.3 is 12.1 Å². The van der Waals surface area contributed by atoms with E-state index in [1.54, 1.807) is 20.8 Å². The van der Waals surface area contributed by atoms with Crippen LogP contribution in [0.1, 0.15) is 27.7 Å². The third-order valence-corrected chi connectivity index (χ3v) is 5.56. The fourth-order valence-electron chi connectivity index (χ4n) is 2.99. The Balaban J connectivity index is 2.30. The number of thioether (sulfide) groups is 1. The molecule has 0 bridgehead atoms. The number of hydrogen-bond acceptors (Lipinski definition) is 7. The first-order chi connectivity index (χ1) is 14.5. The third kappa shape index (κ3) is 5.74. The number of rotatable bonds is 6. The van der Waals surface area contributed by atoms with Gasteiger partial charge in [-0.05, 0) is 20.8 Å². The van der Waals surface area contributed by atoms with E-state index in [1.807, 2.05) is 0 Å². The molecular formula is C21H25N3O6S. The number of ether oxygens (including phenoxy) is 2. The molecule has 1 saturated heterocycles. The molecule has 31 heavy (non-hydrogen) atoms. The lowest BCUT2D eigenvalue weighted by Crippen LogP contribution is -2.71. The molecular weight excluding hydrogens is 422 g/mol. The Kier molecular flexibility index (Phi) is 7.64. The van der Waals surface area contributed by atoms with Crippen LogP contribution < -0.4 is 5.32 Å². The standard InChI is InChI=1S/C21H25N3O6S/c1-7-9-23(10-8-2)18(27)16-14(11-29-13(3)25)12-31-19-15(17(26)24(16)19)22-20(28)30-21(4,5)6/h1-2,15,19H,9-12H2,3-6H3,(H,22,28)/t15-,19-/m1/s1. The summed E-state index contributed by atoms with van der Waals surface area (Å²) in [5.41, 5.74) is -0.188. The van der Waals surface area contributed by atoms with Crippen molar-refractivity contribution >= 4 is 35.6 Å². The first-order valence-corrected chi connectivity index (χ1v) is 10.5. The molecule has 1 fully saturated rings. The number of esters is 1. The molecule has 10 heteroatoms. The van der Waals surface area contributed by atoms with Crippen LogP contribution in [0.15, 0.2) is 11.3 Å². The lowest BCUT2D eigenvalue weighted by Gasteiger charge is -2.50. The van der Waals surface area contributed by atoms with Crippen LogP contribution in [0.3, 0.4) is 0 Å². The van der Waals surface area contributed by atoms with Gasteiger partial charge in [0, 0.05) is 18.2 Å². The smallest absolute Gasteiger partial charge is 0.408 e. The number of carbonyl (C=O) groups excluding carboxylic acids is 4. The maximum Gasteiger partial charge on any atom is 0.408 e. The molecule has 1 N–H and O–H groups in total. The predicted molar refractivity (Wildman–Crippen MR) is 114 cm³/mol. The Morgan fingerprint density at radius 3 is 2.39 bits per heavy atom. The number of terminal acetylenes is 2. The molecule has 0 aliphatic carbocycles. The number of β-lactam (4-membered cyclic amide) rings is 1. The predicted octanol–water partition coefficient (Wildman–Crippen LogP) is 0.707. The van der Waals surface area contributed by atoms with Gasteiger partial charge in [-0.2, -0.15) is 0 Å². The van der Waals surface area contributed by atoms with Gasteiger partial charge < -0.3 is 19.7 Å². The van der Waals surface area contributed by atoms with Gasteiger partial charge in [0.2, 0.25) is 0 Å². The maximum absolute atomic E-state index is 13.2. The summed E-state index contributed by atoms with van der Waals surface area (Å²) < 4.78 is 10.3. The zero-order valence-electron chi connectivity index (χ0n) is 17.9. The zero-order valence-corrected chi connectivity index (χ0v) is 18.7. The van der Waals surface area contributed by atoms with E-state index in [0.717, 1.165) is 0 Å². The molecule has 0 saturated carbocycles. The van der Waals surface area contributed by atoms with Gasteiger partial charge in [-0.1, -0.05) is 11.8 Å². The number of nitrogens with one attached hydrogen (secondary N) is 1. The molecule has 2 heterocycles. The van der Waals surface area contributed by atoms with Crippen molar-refractivity contribution in [3.8, 4) is 24.7 Å². The van der Waals surface area contributed by atoms with Crippen LogP contribution in [0.5, 0.6) is 0 Å². The molecule has 2 aliphatic heterocycles. The van der Waals surface area contributed by atoms with Gasteiger partial charge in [-0.25, -0.2) is 4.79 Å². The van der Waals surface area contributed by atoms with E-state index in [-0.39, 0.29) is 25.4 Å². The summed E-state index contributed by atoms with van der Waals surface area (Å²) in [4.78, 5) is 52.0. The largest absolute Gasteiger partial charge is 0.461 e. The summed E-state index contributed by atoms with van der Waals surface area (Å²) in [5, 5.41) is 2.04. The number of amides is 3. The zero-order chi connectivity index (χ0) is 23.3. The lowest BCUT2D eigenvalue weighted by molar-refractivity contribution is -0.147. The van der Waals surface area contributed by atoms with Crippen LogP contribution in [0.4, 0.5) is 4.79 Å². The second kappa shape index (κ2) is 9.80. The Morgan fingerprint density at radius 1 is 1.26 bits per heavy atom. The first kappa shape index (κ1) is 24.2. The minimum Gasteiger partial charge on any atom is -0.461 e. The van der Waals surface area contributed by atoms with E-state index in [4.69, 9.17) is 22.3 Å². The molecule has 3 amide bonds. The van der Waals surface area contributed by atoms with Gasteiger partial charge in [0.1, 0.15) is 29.3 Å². The van der Waals surface area contributed by atoms with Crippen LogP contribution in [0.25, 0.3) is 0 Å². The Labute approximate surface area is 185 Å². The normalized spacial score (nSPS) is 19.9. The Morgan fingerprint density at radius 2 is 1.87 bits per heavy atom. The second-order valence-corrected chi connectivity index (χ2v) is 8.94. The van der Waals surface area contributed by atoms with Crippen molar-refractivity contribution in [3.05, 3.63) is 11.3 Å². The molecule has 9 nitrogen and oxygen atoms in total.